The summed E-state index contributed by atoms with van der Waals surface area (Å²) in [5.41, 5.74) is 4.36. The first-order valence-electron chi connectivity index (χ1n) is 8.02. The van der Waals surface area contributed by atoms with Crippen LogP contribution in [0.5, 0.6) is 0 Å². The molecule has 0 aliphatic heterocycles. The number of aromatic nitrogens is 3. The van der Waals surface area contributed by atoms with Gasteiger partial charge < -0.3 is 5.32 Å². The van der Waals surface area contributed by atoms with Crippen molar-refractivity contribution in [2.24, 2.45) is 0 Å². The molecule has 0 atom stereocenters. The summed E-state index contributed by atoms with van der Waals surface area (Å²) in [5.74, 6) is -0.127. The number of nitrogens with zero attached hydrogens (tertiary/aromatic N) is 3. The van der Waals surface area contributed by atoms with Crippen molar-refractivity contribution in [2.75, 3.05) is 17.8 Å². The molecule has 0 aliphatic rings. The van der Waals surface area contributed by atoms with E-state index in [4.69, 9.17) is 0 Å². The highest BCUT2D eigenvalue weighted by Crippen LogP contribution is 2.33. The minimum absolute atomic E-state index is 0.127. The number of thioether (sulfide) groups is 2. The van der Waals surface area contributed by atoms with Crippen molar-refractivity contribution >= 4 is 46.7 Å². The Morgan fingerprint density at radius 2 is 1.92 bits per heavy atom. The van der Waals surface area contributed by atoms with Gasteiger partial charge in [-0.25, -0.2) is 0 Å². The molecule has 0 bridgehead atoms. The van der Waals surface area contributed by atoms with Crippen molar-refractivity contribution < 1.29 is 4.79 Å². The number of hydrogen-bond donors (Lipinski definition) is 1. The Balaban J connectivity index is 1.87. The lowest BCUT2D eigenvalue weighted by Crippen LogP contribution is -2.14. The molecular formula is C18H20N4OS3. The normalized spacial score (nSPS) is 10.9. The van der Waals surface area contributed by atoms with Gasteiger partial charge >= 0.3 is 0 Å². The molecule has 26 heavy (non-hydrogen) atoms. The van der Waals surface area contributed by atoms with E-state index < -0.39 is 0 Å². The number of carbonyl (C=O) groups is 1. The molecule has 1 aromatic carbocycles. The van der Waals surface area contributed by atoms with E-state index in [-0.39, 0.29) is 5.91 Å². The zero-order valence-corrected chi connectivity index (χ0v) is 17.5. The molecule has 0 saturated carbocycles. The highest BCUT2D eigenvalue weighted by atomic mass is 32.2. The van der Waals surface area contributed by atoms with Gasteiger partial charge in [0.1, 0.15) is 5.03 Å². The van der Waals surface area contributed by atoms with Gasteiger partial charge in [0.05, 0.1) is 33.4 Å². The highest BCUT2D eigenvalue weighted by Gasteiger charge is 2.22. The monoisotopic (exact) mass is 404 g/mol. The van der Waals surface area contributed by atoms with Crippen molar-refractivity contribution in [1.82, 2.24) is 14.2 Å². The third-order valence-electron chi connectivity index (χ3n) is 4.03. The molecule has 5 nitrogen and oxygen atoms in total. The number of benzene rings is 1. The van der Waals surface area contributed by atoms with Crippen LogP contribution in [0.4, 0.5) is 5.69 Å². The quantitative estimate of drug-likeness (QED) is 0.604. The van der Waals surface area contributed by atoms with Crippen LogP contribution in [0.3, 0.4) is 0 Å². The van der Waals surface area contributed by atoms with E-state index in [0.717, 1.165) is 26.3 Å². The summed E-state index contributed by atoms with van der Waals surface area (Å²) in [6.07, 6.45) is 3.90. The second-order valence-electron chi connectivity index (χ2n) is 5.70. The molecule has 3 rings (SSSR count). The van der Waals surface area contributed by atoms with E-state index in [1.165, 1.54) is 28.9 Å². The van der Waals surface area contributed by atoms with Crippen LogP contribution < -0.4 is 5.32 Å². The van der Waals surface area contributed by atoms with Crippen molar-refractivity contribution in [3.05, 3.63) is 52.8 Å². The third-order valence-corrected chi connectivity index (χ3v) is 6.77. The zero-order chi connectivity index (χ0) is 18.7. The SMILES string of the molecule is CSc1nsc(SC)c1C(=O)Nc1c(C)nn(Cc2ccccc2)c1C. The molecule has 136 valence electrons. The molecule has 2 heterocycles. The Morgan fingerprint density at radius 1 is 1.19 bits per heavy atom. The van der Waals surface area contributed by atoms with Crippen LogP contribution in [0, 0.1) is 13.8 Å². The standard InChI is InChI=1S/C18H20N4OS3/c1-11-15(12(2)22(20-11)10-13-8-6-5-7-9-13)19-16(23)14-17(24-3)21-26-18(14)25-4/h5-9H,10H2,1-4H3,(H,19,23). The number of aryl methyl sites for hydroxylation is 1. The minimum Gasteiger partial charge on any atom is -0.319 e. The summed E-state index contributed by atoms with van der Waals surface area (Å²) in [7, 11) is 0. The lowest BCUT2D eigenvalue weighted by Gasteiger charge is -2.08. The molecule has 1 N–H and O–H groups in total. The predicted molar refractivity (Wildman–Crippen MR) is 111 cm³/mol. The van der Waals surface area contributed by atoms with Crippen LogP contribution in [0.25, 0.3) is 0 Å². The van der Waals surface area contributed by atoms with E-state index in [1.807, 2.05) is 49.2 Å². The lowest BCUT2D eigenvalue weighted by molar-refractivity contribution is 0.102. The van der Waals surface area contributed by atoms with Crippen molar-refractivity contribution in [3.63, 3.8) is 0 Å². The van der Waals surface area contributed by atoms with Gasteiger partial charge in [0.15, 0.2) is 0 Å². The maximum Gasteiger partial charge on any atom is 0.260 e. The molecule has 0 fully saturated rings. The first-order valence-corrected chi connectivity index (χ1v) is 11.2. The highest BCUT2D eigenvalue weighted by molar-refractivity contribution is 8.01. The molecule has 3 aromatic rings. The summed E-state index contributed by atoms with van der Waals surface area (Å²) < 4.78 is 7.23. The van der Waals surface area contributed by atoms with Crippen molar-refractivity contribution in [3.8, 4) is 0 Å². The van der Waals surface area contributed by atoms with E-state index in [2.05, 4.69) is 26.9 Å². The van der Waals surface area contributed by atoms with Crippen LogP contribution >= 0.6 is 35.1 Å². The number of rotatable bonds is 6. The number of hydrogen-bond acceptors (Lipinski definition) is 6. The fourth-order valence-electron chi connectivity index (χ4n) is 2.69. The van der Waals surface area contributed by atoms with Gasteiger partial charge in [0, 0.05) is 0 Å². The average Bonchev–Trinajstić information content (AvgIpc) is 3.18. The predicted octanol–water partition coefficient (Wildman–Crippen LogP) is 4.70. The summed E-state index contributed by atoms with van der Waals surface area (Å²) in [6, 6.07) is 10.2. The van der Waals surface area contributed by atoms with Crippen LogP contribution in [0.15, 0.2) is 39.6 Å². The van der Waals surface area contributed by atoms with Gasteiger partial charge in [-0.2, -0.15) is 9.47 Å². The van der Waals surface area contributed by atoms with Gasteiger partial charge in [-0.3, -0.25) is 9.48 Å². The summed E-state index contributed by atoms with van der Waals surface area (Å²) in [4.78, 5) is 12.9. The molecule has 0 aliphatic carbocycles. The maximum absolute atomic E-state index is 12.9. The molecule has 0 spiro atoms. The van der Waals surface area contributed by atoms with E-state index >= 15 is 0 Å². The van der Waals surface area contributed by atoms with Crippen molar-refractivity contribution in [1.29, 1.82) is 0 Å². The Bertz CT molecular complexity index is 897. The number of carbonyl (C=O) groups excluding carboxylic acids is 1. The second-order valence-corrected chi connectivity index (χ2v) is 8.34. The summed E-state index contributed by atoms with van der Waals surface area (Å²) in [5, 5.41) is 8.43. The fourth-order valence-corrected chi connectivity index (χ4v) is 4.97. The first-order chi connectivity index (χ1) is 12.5. The number of anilines is 1. The summed E-state index contributed by atoms with van der Waals surface area (Å²) in [6.45, 7) is 4.58. The smallest absolute Gasteiger partial charge is 0.260 e. The maximum atomic E-state index is 12.9. The first kappa shape index (κ1) is 19.0. The third kappa shape index (κ3) is 3.82. The van der Waals surface area contributed by atoms with E-state index in [0.29, 0.717) is 12.1 Å². The molecule has 0 saturated heterocycles. The Labute approximate surface area is 165 Å². The van der Waals surface area contributed by atoms with Crippen LogP contribution in [-0.4, -0.2) is 32.6 Å². The molecular weight excluding hydrogens is 384 g/mol. The fraction of sp³-hybridized carbons (Fsp3) is 0.278. The lowest BCUT2D eigenvalue weighted by atomic mass is 10.2. The number of nitrogens with one attached hydrogen (secondary N) is 1. The van der Waals surface area contributed by atoms with Gasteiger partial charge in [-0.15, -0.1) is 23.5 Å². The molecule has 8 heteroatoms. The molecule has 2 aromatic heterocycles. The Kier molecular flexibility index (Phi) is 6.05. The number of amides is 1. The molecule has 0 radical (unpaired) electrons. The van der Waals surface area contributed by atoms with Gasteiger partial charge in [0.25, 0.3) is 5.91 Å². The topological polar surface area (TPSA) is 59.8 Å². The van der Waals surface area contributed by atoms with Crippen LogP contribution in [0.2, 0.25) is 0 Å². The van der Waals surface area contributed by atoms with Gasteiger partial charge in [0.2, 0.25) is 0 Å². The van der Waals surface area contributed by atoms with Gasteiger partial charge in [-0.05, 0) is 43.5 Å². The minimum atomic E-state index is -0.127. The summed E-state index contributed by atoms with van der Waals surface area (Å²) >= 11 is 4.40. The Morgan fingerprint density at radius 3 is 2.58 bits per heavy atom. The largest absolute Gasteiger partial charge is 0.319 e. The molecule has 1 amide bonds. The average molecular weight is 405 g/mol. The van der Waals surface area contributed by atoms with E-state index in [9.17, 15) is 4.79 Å². The second kappa shape index (κ2) is 8.28. The van der Waals surface area contributed by atoms with Crippen LogP contribution in [0.1, 0.15) is 27.3 Å². The van der Waals surface area contributed by atoms with Gasteiger partial charge in [-0.1, -0.05) is 30.3 Å². The van der Waals surface area contributed by atoms with Crippen LogP contribution in [-0.2, 0) is 6.54 Å². The zero-order valence-electron chi connectivity index (χ0n) is 15.1. The Hall–Kier alpha value is -1.77. The molecule has 0 unspecified atom stereocenters. The van der Waals surface area contributed by atoms with Crippen molar-refractivity contribution in [2.45, 2.75) is 29.6 Å². The van der Waals surface area contributed by atoms with E-state index in [1.54, 1.807) is 11.8 Å².